The average Bonchev–Trinajstić information content (AvgIpc) is 2.63. The van der Waals surface area contributed by atoms with Crippen LogP contribution in [-0.4, -0.2) is 50.6 Å². The molecule has 29 heavy (non-hydrogen) atoms. The van der Waals surface area contributed by atoms with Crippen LogP contribution in [0.1, 0.15) is 62.3 Å². The maximum Gasteiger partial charge on any atom is 0.349 e. The summed E-state index contributed by atoms with van der Waals surface area (Å²) in [5.41, 5.74) is 0. The van der Waals surface area contributed by atoms with Gasteiger partial charge in [0, 0.05) is 10.1 Å². The topological polar surface area (TPSA) is 36.9 Å². The number of hydrogen-bond acceptors (Lipinski definition) is 4. The monoisotopic (exact) mass is 457 g/mol. The average molecular weight is 458 g/mol. The van der Waals surface area contributed by atoms with Crippen molar-refractivity contribution in [3.63, 3.8) is 0 Å². The Morgan fingerprint density at radius 1 is 1.03 bits per heavy atom. The van der Waals surface area contributed by atoms with E-state index in [1.54, 1.807) is 0 Å². The van der Waals surface area contributed by atoms with Gasteiger partial charge in [-0.3, -0.25) is 0 Å². The van der Waals surface area contributed by atoms with Gasteiger partial charge in [0.25, 0.3) is 0 Å². The van der Waals surface area contributed by atoms with Gasteiger partial charge in [0.1, 0.15) is 21.0 Å². The zero-order chi connectivity index (χ0) is 22.3. The third-order valence-corrected chi connectivity index (χ3v) is 17.9. The quantitative estimate of drug-likeness (QED) is 0.432. The Bertz CT molecular complexity index is 566. The van der Waals surface area contributed by atoms with Crippen LogP contribution in [-0.2, 0) is 18.0 Å². The molecule has 3 atom stereocenters. The zero-order valence-electron chi connectivity index (χ0n) is 20.8. The smallest absolute Gasteiger partial charge is 0.349 e. The van der Waals surface area contributed by atoms with Crippen molar-refractivity contribution in [3.8, 4) is 0 Å². The van der Waals surface area contributed by atoms with E-state index in [1.165, 1.54) is 0 Å². The summed E-state index contributed by atoms with van der Waals surface area (Å²) in [6.45, 7) is 25.7. The van der Waals surface area contributed by atoms with E-state index in [9.17, 15) is 0 Å². The van der Waals surface area contributed by atoms with Crippen LogP contribution in [0.15, 0.2) is 11.5 Å². The zero-order valence-corrected chi connectivity index (χ0v) is 23.8. The van der Waals surface area contributed by atoms with Crippen molar-refractivity contribution in [2.45, 2.75) is 122 Å². The Labute approximate surface area is 183 Å². The SMILES string of the molecule is CC[Si](CC)(CC)O[C@@H]1C=C([Si](C)C)O[C@@H]2CO[Si](C(C)(C)C)(C(C)(C)C)O[C@@H]12. The van der Waals surface area contributed by atoms with E-state index in [2.05, 4.69) is 81.5 Å². The van der Waals surface area contributed by atoms with Crippen molar-refractivity contribution in [1.29, 1.82) is 0 Å². The van der Waals surface area contributed by atoms with E-state index in [-0.39, 0.29) is 28.4 Å². The molecule has 0 amide bonds. The molecule has 0 aromatic heterocycles. The summed E-state index contributed by atoms with van der Waals surface area (Å²) in [5.74, 6) is 0. The largest absolute Gasteiger partial charge is 0.495 e. The molecule has 1 radical (unpaired) electrons. The predicted molar refractivity (Wildman–Crippen MR) is 129 cm³/mol. The molecule has 2 aliphatic rings. The van der Waals surface area contributed by atoms with E-state index in [1.807, 2.05) is 0 Å². The minimum absolute atomic E-state index is 0.0179. The van der Waals surface area contributed by atoms with Crippen molar-refractivity contribution in [2.75, 3.05) is 6.61 Å². The van der Waals surface area contributed by atoms with Crippen molar-refractivity contribution in [2.24, 2.45) is 0 Å². The molecule has 7 heteroatoms. The fourth-order valence-corrected chi connectivity index (χ4v) is 13.6. The van der Waals surface area contributed by atoms with Gasteiger partial charge in [-0.2, -0.15) is 0 Å². The summed E-state index contributed by atoms with van der Waals surface area (Å²) in [6, 6.07) is 3.43. The lowest BCUT2D eigenvalue weighted by Gasteiger charge is -2.56. The highest BCUT2D eigenvalue weighted by Gasteiger charge is 2.63. The molecule has 0 bridgehead atoms. The summed E-state index contributed by atoms with van der Waals surface area (Å²) in [5, 5.41) is 1.05. The van der Waals surface area contributed by atoms with Gasteiger partial charge in [0.2, 0.25) is 0 Å². The molecule has 0 saturated carbocycles. The van der Waals surface area contributed by atoms with E-state index >= 15 is 0 Å². The fourth-order valence-electron chi connectivity index (χ4n) is 5.01. The highest BCUT2D eigenvalue weighted by Crippen LogP contribution is 2.55. The molecule has 0 unspecified atom stereocenters. The number of rotatable bonds is 6. The number of ether oxygens (including phenoxy) is 1. The molecule has 0 aromatic carbocycles. The molecule has 2 rings (SSSR count). The van der Waals surface area contributed by atoms with Crippen LogP contribution >= 0.6 is 0 Å². The number of fused-ring (bicyclic) bond motifs is 1. The van der Waals surface area contributed by atoms with Crippen LogP contribution in [0.3, 0.4) is 0 Å². The summed E-state index contributed by atoms with van der Waals surface area (Å²) in [6.07, 6.45) is 2.11. The second-order valence-corrected chi connectivity index (χ2v) is 23.0. The van der Waals surface area contributed by atoms with E-state index in [0.717, 1.165) is 23.5 Å². The second kappa shape index (κ2) is 8.90. The molecule has 1 fully saturated rings. The summed E-state index contributed by atoms with van der Waals surface area (Å²) in [4.78, 5) is 0. The molecule has 0 aromatic rings. The molecule has 1 saturated heterocycles. The highest BCUT2D eigenvalue weighted by atomic mass is 28.4. The Hall–Kier alpha value is 0.0706. The van der Waals surface area contributed by atoms with E-state index in [0.29, 0.717) is 6.61 Å². The molecule has 2 aliphatic heterocycles. The molecule has 169 valence electrons. The molecule has 0 N–H and O–H groups in total. The lowest BCUT2D eigenvalue weighted by Crippen LogP contribution is -2.68. The normalized spacial score (nSPS) is 28.0. The van der Waals surface area contributed by atoms with Gasteiger partial charge < -0.3 is 18.0 Å². The third-order valence-electron chi connectivity index (χ3n) is 6.82. The molecular weight excluding hydrogens is 412 g/mol. The fraction of sp³-hybridized carbons (Fsp3) is 0.909. The Balaban J connectivity index is 2.48. The summed E-state index contributed by atoms with van der Waals surface area (Å²) < 4.78 is 27.2. The first-order valence-electron chi connectivity index (χ1n) is 11.4. The summed E-state index contributed by atoms with van der Waals surface area (Å²) >= 11 is 0. The van der Waals surface area contributed by atoms with Gasteiger partial charge in [-0.25, -0.2) is 0 Å². The van der Waals surface area contributed by atoms with Crippen molar-refractivity contribution < 1.29 is 18.0 Å². The summed E-state index contributed by atoms with van der Waals surface area (Å²) in [7, 11) is -5.04. The van der Waals surface area contributed by atoms with Gasteiger partial charge in [-0.05, 0) is 24.2 Å². The van der Waals surface area contributed by atoms with Crippen LogP contribution in [0.4, 0.5) is 0 Å². The van der Waals surface area contributed by atoms with Gasteiger partial charge in [-0.1, -0.05) is 75.4 Å². The lowest BCUT2D eigenvalue weighted by molar-refractivity contribution is -0.123. The molecule has 4 nitrogen and oxygen atoms in total. The number of hydrogen-bond donors (Lipinski definition) is 0. The van der Waals surface area contributed by atoms with Crippen molar-refractivity contribution in [3.05, 3.63) is 11.5 Å². The maximum atomic E-state index is 7.08. The van der Waals surface area contributed by atoms with E-state index in [4.69, 9.17) is 18.0 Å². The third kappa shape index (κ3) is 4.80. The van der Waals surface area contributed by atoms with Crippen molar-refractivity contribution in [1.82, 2.24) is 0 Å². The maximum absolute atomic E-state index is 7.08. The van der Waals surface area contributed by atoms with Crippen LogP contribution in [0.2, 0.25) is 41.3 Å². The molecule has 2 heterocycles. The Morgan fingerprint density at radius 2 is 1.55 bits per heavy atom. The second-order valence-electron chi connectivity index (χ2n) is 11.0. The van der Waals surface area contributed by atoms with Crippen LogP contribution in [0.5, 0.6) is 0 Å². The first-order chi connectivity index (χ1) is 13.3. The predicted octanol–water partition coefficient (Wildman–Crippen LogP) is 6.41. The Kier molecular flexibility index (Phi) is 7.78. The molecule has 0 aliphatic carbocycles. The van der Waals surface area contributed by atoms with E-state index < -0.39 is 25.7 Å². The first kappa shape index (κ1) is 25.3. The van der Waals surface area contributed by atoms with Crippen LogP contribution < -0.4 is 0 Å². The minimum Gasteiger partial charge on any atom is -0.495 e. The first-order valence-corrected chi connectivity index (χ1v) is 18.3. The standard InChI is InChI=1S/C22H45O4Si3/c1-12-28(13-2,14-3)25-17-15-19(27(10)11)24-18-16-23-29(21(4,5)6,22(7,8)9)26-20(17)18/h15,17-18,20H,12-14,16H2,1-11H3/t17-,18-,20+/m1/s1. The highest BCUT2D eigenvalue weighted by molar-refractivity contribution is 6.74. The van der Waals surface area contributed by atoms with Gasteiger partial charge in [0.05, 0.1) is 18.1 Å². The minimum atomic E-state index is -2.56. The van der Waals surface area contributed by atoms with Gasteiger partial charge in [0.15, 0.2) is 8.32 Å². The van der Waals surface area contributed by atoms with Crippen LogP contribution in [0.25, 0.3) is 0 Å². The molecule has 0 spiro atoms. The van der Waals surface area contributed by atoms with Gasteiger partial charge in [-0.15, -0.1) is 0 Å². The molecular formula is C22H45O4Si3. The van der Waals surface area contributed by atoms with Crippen LogP contribution in [0, 0.1) is 0 Å². The lowest BCUT2D eigenvalue weighted by atomic mass is 10.1. The Morgan fingerprint density at radius 3 is 1.97 bits per heavy atom. The van der Waals surface area contributed by atoms with Crippen molar-refractivity contribution >= 4 is 25.7 Å². The van der Waals surface area contributed by atoms with Gasteiger partial charge >= 0.3 is 8.56 Å².